The molecule has 35 heavy (non-hydrogen) atoms. The summed E-state index contributed by atoms with van der Waals surface area (Å²) in [4.78, 5) is 20.1. The summed E-state index contributed by atoms with van der Waals surface area (Å²) in [6.45, 7) is 8.09. The molecule has 7 nitrogen and oxygen atoms in total. The Labute approximate surface area is 214 Å². The van der Waals surface area contributed by atoms with Crippen LogP contribution in [0.1, 0.15) is 32.8 Å². The van der Waals surface area contributed by atoms with E-state index in [1.165, 1.54) is 11.4 Å². The van der Waals surface area contributed by atoms with Gasteiger partial charge in [0.15, 0.2) is 0 Å². The van der Waals surface area contributed by atoms with Crippen LogP contribution in [0.3, 0.4) is 0 Å². The first-order chi connectivity index (χ1) is 16.4. The number of halogens is 1. The van der Waals surface area contributed by atoms with Gasteiger partial charge in [0.25, 0.3) is 0 Å². The van der Waals surface area contributed by atoms with Crippen molar-refractivity contribution in [2.75, 3.05) is 25.3 Å². The summed E-state index contributed by atoms with van der Waals surface area (Å²) in [6, 6.07) is 14.7. The highest BCUT2D eigenvalue weighted by Crippen LogP contribution is 2.62. The average Bonchev–Trinajstić information content (AvgIpc) is 3.30. The van der Waals surface area contributed by atoms with Crippen LogP contribution in [0.4, 0.5) is 5.69 Å². The number of aryl methyl sites for hydroxylation is 1. The van der Waals surface area contributed by atoms with Crippen molar-refractivity contribution in [3.8, 4) is 0 Å². The van der Waals surface area contributed by atoms with Gasteiger partial charge in [-0.25, -0.2) is 13.5 Å². The van der Waals surface area contributed by atoms with E-state index < -0.39 is 26.6 Å². The van der Waals surface area contributed by atoms with Crippen molar-refractivity contribution in [3.05, 3.63) is 69.7 Å². The van der Waals surface area contributed by atoms with Crippen molar-refractivity contribution in [3.63, 3.8) is 0 Å². The number of nitrogens with zero attached hydrogens (tertiary/aromatic N) is 2. The molecule has 0 saturated carbocycles. The summed E-state index contributed by atoms with van der Waals surface area (Å²) >= 11 is 3.48. The molecule has 0 amide bonds. The van der Waals surface area contributed by atoms with Crippen LogP contribution in [-0.2, 0) is 24.4 Å². The minimum atomic E-state index is -3.74. The fourth-order valence-corrected chi connectivity index (χ4v) is 7.54. The van der Waals surface area contributed by atoms with Gasteiger partial charge in [0.05, 0.1) is 23.2 Å². The second-order valence-corrected chi connectivity index (χ2v) is 13.1. The molecule has 0 N–H and O–H groups in total. The zero-order valence-electron chi connectivity index (χ0n) is 20.5. The van der Waals surface area contributed by atoms with Crippen molar-refractivity contribution < 1.29 is 22.8 Å². The van der Waals surface area contributed by atoms with Gasteiger partial charge in [-0.15, -0.1) is 0 Å². The van der Waals surface area contributed by atoms with Crippen molar-refractivity contribution in [2.24, 2.45) is 5.41 Å². The third kappa shape index (κ3) is 3.35. The summed E-state index contributed by atoms with van der Waals surface area (Å²) in [6.07, 6.45) is 0.427. The minimum Gasteiger partial charge on any atom is -0.469 e. The Morgan fingerprint density at radius 2 is 1.60 bits per heavy atom. The number of hydrogen-bond acceptors (Lipinski definition) is 6. The summed E-state index contributed by atoms with van der Waals surface area (Å²) in [7, 11) is -2.36. The Morgan fingerprint density at radius 3 is 2.20 bits per heavy atom. The van der Waals surface area contributed by atoms with Crippen LogP contribution in [0.2, 0.25) is 0 Å². The predicted molar refractivity (Wildman–Crippen MR) is 136 cm³/mol. The maximum Gasteiger partial charge on any atom is 0.315 e. The third-order valence-corrected chi connectivity index (χ3v) is 10.4. The van der Waals surface area contributed by atoms with E-state index in [1.54, 1.807) is 24.3 Å². The number of rotatable bonds is 4. The molecule has 1 fully saturated rings. The largest absolute Gasteiger partial charge is 0.469 e. The van der Waals surface area contributed by atoms with Crippen LogP contribution >= 0.6 is 15.9 Å². The predicted octanol–water partition coefficient (Wildman–Crippen LogP) is 4.61. The Bertz CT molecular complexity index is 1340. The Kier molecular flexibility index (Phi) is 5.53. The molecule has 1 aliphatic carbocycles. The van der Waals surface area contributed by atoms with Crippen LogP contribution in [0, 0.1) is 12.3 Å². The van der Waals surface area contributed by atoms with E-state index in [1.807, 2.05) is 57.0 Å². The second-order valence-electron chi connectivity index (χ2n) is 10.2. The number of benzene rings is 2. The van der Waals surface area contributed by atoms with Gasteiger partial charge in [0.2, 0.25) is 10.0 Å². The smallest absolute Gasteiger partial charge is 0.315 e. The quantitative estimate of drug-likeness (QED) is 0.401. The second kappa shape index (κ2) is 7.90. The molecule has 0 radical (unpaired) electrons. The number of esters is 1. The lowest BCUT2D eigenvalue weighted by Crippen LogP contribution is -2.72. The summed E-state index contributed by atoms with van der Waals surface area (Å²) in [5.74, 6) is -0.368. The fourth-order valence-electron chi connectivity index (χ4n) is 5.90. The molecule has 2 aromatic carbocycles. The highest BCUT2D eigenvalue weighted by atomic mass is 79.9. The highest BCUT2D eigenvalue weighted by molar-refractivity contribution is 9.10. The number of hydrogen-bond donors (Lipinski definition) is 0. The van der Waals surface area contributed by atoms with Gasteiger partial charge in [-0.1, -0.05) is 33.6 Å². The van der Waals surface area contributed by atoms with Gasteiger partial charge in [-0.05, 0) is 81.7 Å². The first-order valence-electron chi connectivity index (χ1n) is 11.5. The monoisotopic (exact) mass is 560 g/mol. The van der Waals surface area contributed by atoms with Crippen LogP contribution in [0.15, 0.2) is 69.0 Å². The maximum absolute atomic E-state index is 13.6. The molecule has 4 aliphatic rings. The Hall–Kier alpha value is -2.20. The Balaban J connectivity index is 1.62. The zero-order chi connectivity index (χ0) is 25.4. The number of carbonyl (C=O) groups is 1. The summed E-state index contributed by atoms with van der Waals surface area (Å²) in [5.41, 5.74) is 0.812. The molecular formula is C26H29BrN2O5S. The number of hydroxylamine groups is 1. The lowest BCUT2D eigenvalue weighted by atomic mass is 9.56. The van der Waals surface area contributed by atoms with Gasteiger partial charge in [-0.2, -0.15) is 4.31 Å². The number of fused-ring (bicyclic) bond motifs is 2. The molecular weight excluding hydrogens is 532 g/mol. The van der Waals surface area contributed by atoms with Gasteiger partial charge in [0.1, 0.15) is 11.0 Å². The highest BCUT2D eigenvalue weighted by Gasteiger charge is 2.70. The van der Waals surface area contributed by atoms with Crippen molar-refractivity contribution >= 4 is 37.6 Å². The number of sulfonamides is 1. The number of methoxy groups -OCH3 is 1. The maximum atomic E-state index is 13.6. The van der Waals surface area contributed by atoms with E-state index in [4.69, 9.17) is 9.57 Å². The van der Waals surface area contributed by atoms with Gasteiger partial charge in [0, 0.05) is 17.6 Å². The topological polar surface area (TPSA) is 76.1 Å². The van der Waals surface area contributed by atoms with Crippen molar-refractivity contribution in [1.29, 1.82) is 0 Å². The van der Waals surface area contributed by atoms with Gasteiger partial charge in [-0.3, -0.25) is 9.63 Å². The molecule has 186 valence electrons. The molecule has 1 saturated heterocycles. The summed E-state index contributed by atoms with van der Waals surface area (Å²) in [5, 5.41) is 1.85. The number of anilines is 1. The molecule has 2 bridgehead atoms. The van der Waals surface area contributed by atoms with E-state index in [9.17, 15) is 13.2 Å². The van der Waals surface area contributed by atoms with E-state index in [0.29, 0.717) is 6.42 Å². The molecule has 3 aliphatic heterocycles. The molecule has 3 atom stereocenters. The van der Waals surface area contributed by atoms with Crippen molar-refractivity contribution in [2.45, 2.75) is 50.2 Å². The van der Waals surface area contributed by atoms with Crippen LogP contribution in [-0.4, -0.2) is 50.0 Å². The molecule has 0 aromatic heterocycles. The third-order valence-electron chi connectivity index (χ3n) is 8.09. The molecule has 3 heterocycles. The van der Waals surface area contributed by atoms with E-state index in [0.717, 1.165) is 26.9 Å². The van der Waals surface area contributed by atoms with Crippen LogP contribution in [0.25, 0.3) is 0 Å². The normalized spacial score (nSPS) is 30.5. The molecule has 0 spiro atoms. The first kappa shape index (κ1) is 24.5. The van der Waals surface area contributed by atoms with Gasteiger partial charge >= 0.3 is 5.97 Å². The molecule has 2 aromatic rings. The SMILES string of the molecule is COC(=O)[C@]1(C)C[C@]2(C)C3=C(CN(S(=O)(=O)c4ccc(C)cc4)C3)[C@@]1(C)ON2c1ccc(Br)cc1. The fraction of sp³-hybridized carbons (Fsp3) is 0.423. The standard InChI is InChI=1S/C26H29BrN2O5S/c1-17-6-12-20(13-7-17)35(31,32)28-14-21-22(15-28)26(4)24(2,23(30)33-5)16-25(21,3)29(34-26)19-10-8-18(27)9-11-19/h6-13H,14-16H2,1-5H3/t24-,25+,26+/m0/s1. The zero-order valence-corrected chi connectivity index (χ0v) is 22.9. The lowest BCUT2D eigenvalue weighted by molar-refractivity contribution is -0.204. The first-order valence-corrected chi connectivity index (χ1v) is 13.7. The Morgan fingerprint density at radius 1 is 1.00 bits per heavy atom. The molecule has 9 heteroatoms. The number of ether oxygens (including phenoxy) is 1. The average molecular weight is 561 g/mol. The van der Waals surface area contributed by atoms with E-state index >= 15 is 0 Å². The molecule has 0 unspecified atom stereocenters. The van der Waals surface area contributed by atoms with Crippen LogP contribution in [0.5, 0.6) is 0 Å². The van der Waals surface area contributed by atoms with E-state index in [2.05, 4.69) is 15.9 Å². The lowest BCUT2D eigenvalue weighted by Gasteiger charge is -2.63. The van der Waals surface area contributed by atoms with Crippen molar-refractivity contribution in [1.82, 2.24) is 4.31 Å². The van der Waals surface area contributed by atoms with Crippen LogP contribution < -0.4 is 5.06 Å². The van der Waals surface area contributed by atoms with E-state index in [-0.39, 0.29) is 24.0 Å². The molecule has 6 rings (SSSR count). The van der Waals surface area contributed by atoms with Gasteiger partial charge < -0.3 is 4.74 Å². The number of carbonyl (C=O) groups excluding carboxylic acids is 1. The summed E-state index contributed by atoms with van der Waals surface area (Å²) < 4.78 is 34.9. The minimum absolute atomic E-state index is 0.165.